The van der Waals surface area contributed by atoms with Crippen molar-refractivity contribution in [3.8, 4) is 33.4 Å². The summed E-state index contributed by atoms with van der Waals surface area (Å²) >= 11 is 0. The first-order chi connectivity index (χ1) is 28.0. The van der Waals surface area contributed by atoms with Gasteiger partial charge < -0.3 is 9.32 Å². The van der Waals surface area contributed by atoms with Crippen LogP contribution in [0.4, 0.5) is 17.1 Å². The van der Waals surface area contributed by atoms with E-state index in [-0.39, 0.29) is 5.41 Å². The maximum atomic E-state index is 6.17. The number of fused-ring (bicyclic) bond motifs is 7. The second-order valence-electron chi connectivity index (χ2n) is 16.7. The van der Waals surface area contributed by atoms with E-state index in [2.05, 4.69) is 176 Å². The lowest BCUT2D eigenvalue weighted by Gasteiger charge is -2.30. The Balaban J connectivity index is 1.09. The third-order valence-electron chi connectivity index (χ3n) is 13.0. The third-order valence-corrected chi connectivity index (χ3v) is 13.0. The highest BCUT2D eigenvalue weighted by molar-refractivity contribution is 6.06. The average molecular weight is 736 g/mol. The largest absolute Gasteiger partial charge is 0.456 e. The number of benzene rings is 8. The normalized spacial score (nSPS) is 14.9. The van der Waals surface area contributed by atoms with Crippen LogP contribution in [0.15, 0.2) is 174 Å². The SMILES string of the molecule is CC1(C)c2cc(N(c3ccc(-c4ccc5oc6ccccc6c5c4)cc3)c3cc4ccccc4cc3-c3ccccc3)ccc2-c2c(C3CCCCC3)cccc21. The summed E-state index contributed by atoms with van der Waals surface area (Å²) in [7, 11) is 0. The van der Waals surface area contributed by atoms with Crippen molar-refractivity contribution in [1.82, 2.24) is 0 Å². The zero-order chi connectivity index (χ0) is 38.1. The van der Waals surface area contributed by atoms with Crippen LogP contribution in [-0.4, -0.2) is 0 Å². The molecule has 8 aromatic carbocycles. The summed E-state index contributed by atoms with van der Waals surface area (Å²) < 4.78 is 6.17. The van der Waals surface area contributed by atoms with Crippen molar-refractivity contribution in [2.45, 2.75) is 57.3 Å². The Labute approximate surface area is 335 Å². The van der Waals surface area contributed by atoms with Gasteiger partial charge in [0.05, 0.1) is 5.69 Å². The molecule has 2 aliphatic rings. The molecule has 57 heavy (non-hydrogen) atoms. The van der Waals surface area contributed by atoms with Crippen molar-refractivity contribution >= 4 is 49.8 Å². The molecule has 0 aliphatic heterocycles. The zero-order valence-electron chi connectivity index (χ0n) is 32.6. The molecule has 1 fully saturated rings. The van der Waals surface area contributed by atoms with Crippen LogP contribution in [-0.2, 0) is 5.41 Å². The van der Waals surface area contributed by atoms with Gasteiger partial charge in [0.1, 0.15) is 11.2 Å². The van der Waals surface area contributed by atoms with Gasteiger partial charge in [0.2, 0.25) is 0 Å². The minimum absolute atomic E-state index is 0.123. The summed E-state index contributed by atoms with van der Waals surface area (Å²) in [6.45, 7) is 4.85. The van der Waals surface area contributed by atoms with Gasteiger partial charge in [-0.15, -0.1) is 0 Å². The molecular formula is C55H45NO. The summed E-state index contributed by atoms with van der Waals surface area (Å²) in [5.74, 6) is 0.643. The minimum atomic E-state index is -0.123. The Kier molecular flexibility index (Phi) is 7.96. The first-order valence-electron chi connectivity index (χ1n) is 20.7. The van der Waals surface area contributed by atoms with Crippen molar-refractivity contribution in [1.29, 1.82) is 0 Å². The Morgan fingerprint density at radius 1 is 0.491 bits per heavy atom. The summed E-state index contributed by atoms with van der Waals surface area (Å²) in [5.41, 5.74) is 17.2. The number of hydrogen-bond acceptors (Lipinski definition) is 2. The van der Waals surface area contributed by atoms with Crippen LogP contribution in [0.3, 0.4) is 0 Å². The standard InChI is InChI=1S/C55H45NO/c1-55(2)49-22-13-21-44(37-14-5-3-6-15-37)54(49)46-30-29-43(35-50(46)55)56(51-34-40-19-10-9-18-39(40)32-47(51)38-16-7-4-8-17-38)42-27-24-36(25-28-42)41-26-31-53-48(33-41)45-20-11-12-23-52(45)57-53/h4,7-13,16-35,37H,3,5-6,14-15H2,1-2H3. The molecule has 0 N–H and O–H groups in total. The van der Waals surface area contributed by atoms with Gasteiger partial charge in [-0.3, -0.25) is 0 Å². The van der Waals surface area contributed by atoms with Crippen LogP contribution in [0.1, 0.15) is 68.6 Å². The molecule has 0 unspecified atom stereocenters. The van der Waals surface area contributed by atoms with Crippen LogP contribution < -0.4 is 4.90 Å². The third kappa shape index (κ3) is 5.61. The molecule has 1 heterocycles. The van der Waals surface area contributed by atoms with Crippen LogP contribution in [0.5, 0.6) is 0 Å². The second kappa shape index (κ2) is 13.4. The van der Waals surface area contributed by atoms with E-state index in [0.717, 1.165) is 33.3 Å². The monoisotopic (exact) mass is 735 g/mol. The van der Waals surface area contributed by atoms with E-state index in [9.17, 15) is 0 Å². The van der Waals surface area contributed by atoms with Crippen LogP contribution in [0.25, 0.3) is 66.1 Å². The predicted octanol–water partition coefficient (Wildman–Crippen LogP) is 15.9. The molecule has 276 valence electrons. The maximum Gasteiger partial charge on any atom is 0.135 e. The fraction of sp³-hybridized carbons (Fsp3) is 0.164. The van der Waals surface area contributed by atoms with Crippen LogP contribution >= 0.6 is 0 Å². The van der Waals surface area contributed by atoms with Gasteiger partial charge in [0, 0.05) is 33.1 Å². The molecule has 1 aromatic heterocycles. The Hall–Kier alpha value is -6.38. The Morgan fingerprint density at radius 3 is 2.02 bits per heavy atom. The van der Waals surface area contributed by atoms with E-state index in [0.29, 0.717) is 5.92 Å². The van der Waals surface area contributed by atoms with Gasteiger partial charge in [-0.25, -0.2) is 0 Å². The zero-order valence-corrected chi connectivity index (χ0v) is 32.6. The molecule has 0 amide bonds. The van der Waals surface area contributed by atoms with Crippen molar-refractivity contribution in [3.05, 3.63) is 187 Å². The molecule has 2 nitrogen and oxygen atoms in total. The maximum absolute atomic E-state index is 6.17. The van der Waals surface area contributed by atoms with Gasteiger partial charge >= 0.3 is 0 Å². The minimum Gasteiger partial charge on any atom is -0.456 e. The smallest absolute Gasteiger partial charge is 0.135 e. The van der Waals surface area contributed by atoms with Crippen molar-refractivity contribution in [2.75, 3.05) is 4.90 Å². The molecule has 0 radical (unpaired) electrons. The van der Waals surface area contributed by atoms with E-state index >= 15 is 0 Å². The number of para-hydroxylation sites is 1. The van der Waals surface area contributed by atoms with Crippen LogP contribution in [0.2, 0.25) is 0 Å². The quantitative estimate of drug-likeness (QED) is 0.169. The molecule has 2 heteroatoms. The van der Waals surface area contributed by atoms with Crippen molar-refractivity contribution in [3.63, 3.8) is 0 Å². The number of nitrogens with zero attached hydrogens (tertiary/aromatic N) is 1. The molecular weight excluding hydrogens is 691 g/mol. The first kappa shape index (κ1) is 33.9. The Bertz CT molecular complexity index is 2960. The van der Waals surface area contributed by atoms with Gasteiger partial charge in [-0.2, -0.15) is 0 Å². The fourth-order valence-corrected chi connectivity index (χ4v) is 10.1. The van der Waals surface area contributed by atoms with E-state index in [1.54, 1.807) is 5.56 Å². The highest BCUT2D eigenvalue weighted by Crippen LogP contribution is 2.54. The first-order valence-corrected chi connectivity index (χ1v) is 20.7. The highest BCUT2D eigenvalue weighted by Gasteiger charge is 2.38. The highest BCUT2D eigenvalue weighted by atomic mass is 16.3. The predicted molar refractivity (Wildman–Crippen MR) is 240 cm³/mol. The molecule has 11 rings (SSSR count). The molecule has 1 saturated carbocycles. The summed E-state index contributed by atoms with van der Waals surface area (Å²) in [4.78, 5) is 2.49. The summed E-state index contributed by atoms with van der Waals surface area (Å²) in [6.07, 6.45) is 6.63. The lowest BCUT2D eigenvalue weighted by atomic mass is 9.78. The molecule has 0 bridgehead atoms. The van der Waals surface area contributed by atoms with E-state index in [1.807, 2.05) is 12.1 Å². The van der Waals surface area contributed by atoms with Gasteiger partial charge in [-0.05, 0) is 129 Å². The molecule has 0 atom stereocenters. The topological polar surface area (TPSA) is 16.4 Å². The Morgan fingerprint density at radius 2 is 1.19 bits per heavy atom. The van der Waals surface area contributed by atoms with E-state index in [4.69, 9.17) is 4.42 Å². The molecule has 0 spiro atoms. The lowest BCUT2D eigenvalue weighted by Crippen LogP contribution is -2.17. The van der Waals surface area contributed by atoms with Gasteiger partial charge in [0.25, 0.3) is 0 Å². The number of furan rings is 1. The molecule has 9 aromatic rings. The summed E-state index contributed by atoms with van der Waals surface area (Å²) in [6, 6.07) is 62.8. The van der Waals surface area contributed by atoms with Gasteiger partial charge in [0.15, 0.2) is 0 Å². The number of rotatable bonds is 6. The van der Waals surface area contributed by atoms with Crippen molar-refractivity contribution in [2.24, 2.45) is 0 Å². The number of hydrogen-bond donors (Lipinski definition) is 0. The second-order valence-corrected chi connectivity index (χ2v) is 16.7. The van der Waals surface area contributed by atoms with Gasteiger partial charge in [-0.1, -0.05) is 148 Å². The fourth-order valence-electron chi connectivity index (χ4n) is 10.1. The van der Waals surface area contributed by atoms with Crippen molar-refractivity contribution < 1.29 is 4.42 Å². The molecule has 2 aliphatic carbocycles. The average Bonchev–Trinajstić information content (AvgIpc) is 3.75. The number of anilines is 3. The van der Waals surface area contributed by atoms with E-state index < -0.39 is 0 Å². The lowest BCUT2D eigenvalue weighted by molar-refractivity contribution is 0.444. The van der Waals surface area contributed by atoms with E-state index in [1.165, 1.54) is 93.1 Å². The van der Waals surface area contributed by atoms with Crippen LogP contribution in [0, 0.1) is 0 Å². The summed E-state index contributed by atoms with van der Waals surface area (Å²) in [5, 5.41) is 4.75. The molecule has 0 saturated heterocycles.